The molecule has 19 heavy (non-hydrogen) atoms. The minimum absolute atomic E-state index is 0.196. The Morgan fingerprint density at radius 3 is 3.00 bits per heavy atom. The third-order valence-corrected chi connectivity index (χ3v) is 3.75. The summed E-state index contributed by atoms with van der Waals surface area (Å²) in [7, 11) is 0. The highest BCUT2D eigenvalue weighted by atomic mass is 19.1. The zero-order valence-corrected chi connectivity index (χ0v) is 11.1. The van der Waals surface area contributed by atoms with Crippen LogP contribution in [0.1, 0.15) is 36.6 Å². The fourth-order valence-electron chi connectivity index (χ4n) is 2.76. The Bertz CT molecular complexity index is 571. The van der Waals surface area contributed by atoms with Crippen LogP contribution in [-0.4, -0.2) is 16.1 Å². The summed E-state index contributed by atoms with van der Waals surface area (Å²) in [6.07, 6.45) is 7.33. The maximum atomic E-state index is 13.2. The van der Waals surface area contributed by atoms with Crippen LogP contribution in [0.3, 0.4) is 0 Å². The number of nitrogens with one attached hydrogen (secondary N) is 1. The molecule has 1 fully saturated rings. The Labute approximate surface area is 112 Å². The van der Waals surface area contributed by atoms with Crippen LogP contribution >= 0.6 is 0 Å². The molecule has 1 aliphatic heterocycles. The first-order valence-corrected chi connectivity index (χ1v) is 6.78. The van der Waals surface area contributed by atoms with Gasteiger partial charge in [0.05, 0.1) is 18.2 Å². The lowest BCUT2D eigenvalue weighted by Gasteiger charge is -2.24. The van der Waals surface area contributed by atoms with Crippen molar-refractivity contribution in [2.24, 2.45) is 0 Å². The molecule has 0 spiro atoms. The number of rotatable bonds is 2. The van der Waals surface area contributed by atoms with Crippen molar-refractivity contribution >= 4 is 0 Å². The van der Waals surface area contributed by atoms with Gasteiger partial charge in [-0.15, -0.1) is 0 Å². The average Bonchev–Trinajstić information content (AvgIpc) is 2.89. The van der Waals surface area contributed by atoms with Gasteiger partial charge >= 0.3 is 0 Å². The van der Waals surface area contributed by atoms with Crippen molar-refractivity contribution in [3.05, 3.63) is 47.8 Å². The molecule has 2 aromatic rings. The normalized spacial score (nSPS) is 19.6. The predicted octanol–water partition coefficient (Wildman–Crippen LogP) is 3.13. The summed E-state index contributed by atoms with van der Waals surface area (Å²) in [5.41, 5.74) is 3.09. The summed E-state index contributed by atoms with van der Waals surface area (Å²) in [6, 6.07) is 5.23. The first-order chi connectivity index (χ1) is 9.25. The zero-order valence-electron chi connectivity index (χ0n) is 11.1. The van der Waals surface area contributed by atoms with Gasteiger partial charge in [-0.1, -0.05) is 6.42 Å². The van der Waals surface area contributed by atoms with Crippen LogP contribution in [0.4, 0.5) is 4.39 Å². The summed E-state index contributed by atoms with van der Waals surface area (Å²) in [6.45, 7) is 2.98. The fourth-order valence-corrected chi connectivity index (χ4v) is 2.76. The van der Waals surface area contributed by atoms with E-state index in [1.165, 1.54) is 18.9 Å². The van der Waals surface area contributed by atoms with Gasteiger partial charge in [0.25, 0.3) is 0 Å². The number of nitrogens with zero attached hydrogens (tertiary/aromatic N) is 2. The highest BCUT2D eigenvalue weighted by molar-refractivity contribution is 5.42. The van der Waals surface area contributed by atoms with Gasteiger partial charge in [-0.2, -0.15) is 0 Å². The van der Waals surface area contributed by atoms with E-state index >= 15 is 0 Å². The van der Waals surface area contributed by atoms with Gasteiger partial charge < -0.3 is 9.88 Å². The first-order valence-electron chi connectivity index (χ1n) is 6.78. The van der Waals surface area contributed by atoms with E-state index in [0.717, 1.165) is 29.9 Å². The monoisotopic (exact) mass is 259 g/mol. The number of hydrogen-bond acceptors (Lipinski definition) is 2. The molecule has 1 N–H and O–H groups in total. The molecule has 1 unspecified atom stereocenters. The summed E-state index contributed by atoms with van der Waals surface area (Å²) >= 11 is 0. The third-order valence-electron chi connectivity index (χ3n) is 3.75. The van der Waals surface area contributed by atoms with E-state index in [-0.39, 0.29) is 5.82 Å². The van der Waals surface area contributed by atoms with Crippen LogP contribution in [0.25, 0.3) is 5.69 Å². The lowest BCUT2D eigenvalue weighted by Crippen LogP contribution is -2.28. The molecule has 1 aliphatic rings. The molecule has 1 aromatic heterocycles. The standard InChI is InChI=1S/C15H18FN3/c1-11-8-12(16)5-6-14(11)19-10-17-9-15(19)13-4-2-3-7-18-13/h5-6,8-10,13,18H,2-4,7H2,1H3. The van der Waals surface area contributed by atoms with E-state index in [1.807, 2.05) is 25.5 Å². The van der Waals surface area contributed by atoms with E-state index in [1.54, 1.807) is 6.07 Å². The summed E-state index contributed by atoms with van der Waals surface area (Å²) < 4.78 is 15.3. The lowest BCUT2D eigenvalue weighted by molar-refractivity contribution is 0.401. The first kappa shape index (κ1) is 12.4. The maximum absolute atomic E-state index is 13.2. The molecule has 0 radical (unpaired) electrons. The molecular weight excluding hydrogens is 241 g/mol. The Balaban J connectivity index is 1.99. The Hall–Kier alpha value is -1.68. The molecular formula is C15H18FN3. The van der Waals surface area contributed by atoms with Crippen molar-refractivity contribution in [1.82, 2.24) is 14.9 Å². The number of aromatic nitrogens is 2. The number of benzene rings is 1. The van der Waals surface area contributed by atoms with E-state index in [9.17, 15) is 4.39 Å². The molecule has 4 heteroatoms. The molecule has 1 atom stereocenters. The smallest absolute Gasteiger partial charge is 0.123 e. The molecule has 3 nitrogen and oxygen atoms in total. The van der Waals surface area contributed by atoms with Crippen LogP contribution in [-0.2, 0) is 0 Å². The molecule has 100 valence electrons. The number of aryl methyl sites for hydroxylation is 1. The van der Waals surface area contributed by atoms with E-state index in [2.05, 4.69) is 14.9 Å². The van der Waals surface area contributed by atoms with Crippen molar-refractivity contribution in [3.8, 4) is 5.69 Å². The largest absolute Gasteiger partial charge is 0.309 e. The number of imidazole rings is 1. The van der Waals surface area contributed by atoms with Gasteiger partial charge in [0, 0.05) is 11.7 Å². The molecule has 3 rings (SSSR count). The highest BCUT2D eigenvalue weighted by Gasteiger charge is 2.19. The molecule has 0 saturated carbocycles. The van der Waals surface area contributed by atoms with Crippen molar-refractivity contribution in [2.75, 3.05) is 6.54 Å². The van der Waals surface area contributed by atoms with Crippen molar-refractivity contribution < 1.29 is 4.39 Å². The van der Waals surface area contributed by atoms with Gasteiger partial charge in [0.15, 0.2) is 0 Å². The van der Waals surface area contributed by atoms with Crippen molar-refractivity contribution in [3.63, 3.8) is 0 Å². The van der Waals surface area contributed by atoms with Gasteiger partial charge in [-0.3, -0.25) is 0 Å². The number of piperidine rings is 1. The average molecular weight is 259 g/mol. The number of hydrogen-bond donors (Lipinski definition) is 1. The second kappa shape index (κ2) is 5.13. The van der Waals surface area contributed by atoms with E-state index in [4.69, 9.17) is 0 Å². The molecule has 0 aliphatic carbocycles. The second-order valence-electron chi connectivity index (χ2n) is 5.12. The SMILES string of the molecule is Cc1cc(F)ccc1-n1cncc1C1CCCCN1. The lowest BCUT2D eigenvalue weighted by atomic mass is 10.0. The quantitative estimate of drug-likeness (QED) is 0.898. The van der Waals surface area contributed by atoms with Crippen LogP contribution in [0.5, 0.6) is 0 Å². The van der Waals surface area contributed by atoms with Crippen molar-refractivity contribution in [2.45, 2.75) is 32.2 Å². The van der Waals surface area contributed by atoms with Gasteiger partial charge in [-0.05, 0) is 50.1 Å². The zero-order chi connectivity index (χ0) is 13.2. The van der Waals surface area contributed by atoms with Gasteiger partial charge in [-0.25, -0.2) is 9.37 Å². The van der Waals surface area contributed by atoms with Gasteiger partial charge in [0.1, 0.15) is 5.82 Å². The summed E-state index contributed by atoms with van der Waals surface area (Å²) in [5, 5.41) is 3.53. The third kappa shape index (κ3) is 2.40. The highest BCUT2D eigenvalue weighted by Crippen LogP contribution is 2.26. The second-order valence-corrected chi connectivity index (χ2v) is 5.12. The minimum atomic E-state index is -0.196. The van der Waals surface area contributed by atoms with Crippen LogP contribution < -0.4 is 5.32 Å². The molecule has 0 amide bonds. The predicted molar refractivity (Wildman–Crippen MR) is 72.9 cm³/mol. The Kier molecular flexibility index (Phi) is 3.34. The molecule has 0 bridgehead atoms. The van der Waals surface area contributed by atoms with E-state index < -0.39 is 0 Å². The summed E-state index contributed by atoms with van der Waals surface area (Å²) in [4.78, 5) is 4.27. The maximum Gasteiger partial charge on any atom is 0.123 e. The van der Waals surface area contributed by atoms with Gasteiger partial charge in [0.2, 0.25) is 0 Å². The fraction of sp³-hybridized carbons (Fsp3) is 0.400. The van der Waals surface area contributed by atoms with E-state index in [0.29, 0.717) is 6.04 Å². The van der Waals surface area contributed by atoms with Crippen LogP contribution in [0, 0.1) is 12.7 Å². The molecule has 1 aromatic carbocycles. The minimum Gasteiger partial charge on any atom is -0.309 e. The topological polar surface area (TPSA) is 29.9 Å². The molecule has 2 heterocycles. The van der Waals surface area contributed by atoms with Crippen LogP contribution in [0.2, 0.25) is 0 Å². The van der Waals surface area contributed by atoms with Crippen molar-refractivity contribution in [1.29, 1.82) is 0 Å². The van der Waals surface area contributed by atoms with Crippen LogP contribution in [0.15, 0.2) is 30.7 Å². The summed E-state index contributed by atoms with van der Waals surface area (Å²) in [5.74, 6) is -0.196. The number of halogens is 1. The Morgan fingerprint density at radius 2 is 2.26 bits per heavy atom. The Morgan fingerprint density at radius 1 is 1.37 bits per heavy atom. The molecule has 1 saturated heterocycles.